The molecule has 0 aliphatic rings. The molecule has 0 saturated carbocycles. The molecule has 13 heavy (non-hydrogen) atoms. The lowest BCUT2D eigenvalue weighted by atomic mass is 10.2. The molecule has 72 valence electrons. The normalized spacial score (nSPS) is 13.7. The Morgan fingerprint density at radius 2 is 1.85 bits per heavy atom. The minimum absolute atomic E-state index is 0.910. The van der Waals surface area contributed by atoms with Crippen LogP contribution in [0.2, 0.25) is 0 Å². The summed E-state index contributed by atoms with van der Waals surface area (Å²) in [4.78, 5) is 0. The van der Waals surface area contributed by atoms with Crippen molar-refractivity contribution in [2.75, 3.05) is 0 Å². The third-order valence-electron chi connectivity index (χ3n) is 2.27. The highest BCUT2D eigenvalue weighted by atomic mass is 31.1. The molecule has 0 nitrogen and oxygen atoms in total. The van der Waals surface area contributed by atoms with Gasteiger partial charge in [-0.3, -0.25) is 0 Å². The smallest absolute Gasteiger partial charge is 0.0199 e. The molecule has 0 spiro atoms. The van der Waals surface area contributed by atoms with Crippen LogP contribution in [0, 0.1) is 0 Å². The second-order valence-corrected chi connectivity index (χ2v) is 5.09. The van der Waals surface area contributed by atoms with Crippen LogP contribution in [0.3, 0.4) is 0 Å². The van der Waals surface area contributed by atoms with Gasteiger partial charge < -0.3 is 0 Å². The van der Waals surface area contributed by atoms with Gasteiger partial charge in [-0.2, -0.15) is 0 Å². The number of hydrogen-bond acceptors (Lipinski definition) is 0. The summed E-state index contributed by atoms with van der Waals surface area (Å²) in [5.41, 5.74) is 0.910. The van der Waals surface area contributed by atoms with Gasteiger partial charge in [0.2, 0.25) is 0 Å². The highest BCUT2D eigenvalue weighted by molar-refractivity contribution is 7.48. The Morgan fingerprint density at radius 3 is 2.38 bits per heavy atom. The van der Waals surface area contributed by atoms with E-state index in [9.17, 15) is 0 Å². The van der Waals surface area contributed by atoms with E-state index in [2.05, 4.69) is 44.2 Å². The lowest BCUT2D eigenvalue weighted by Crippen LogP contribution is -2.04. The first-order chi connectivity index (χ1) is 6.36. The van der Waals surface area contributed by atoms with Gasteiger partial charge in [-0.15, -0.1) is 0 Å². The summed E-state index contributed by atoms with van der Waals surface area (Å²) < 4.78 is 0. The topological polar surface area (TPSA) is 0 Å². The van der Waals surface area contributed by atoms with Crippen LogP contribution in [-0.2, 0) is 0 Å². The van der Waals surface area contributed by atoms with Gasteiger partial charge in [0.15, 0.2) is 0 Å². The molecular formula is C12H19P. The van der Waals surface area contributed by atoms with E-state index in [0.29, 0.717) is 0 Å². The standard InChI is InChI=1S/C12H19P/c1-3-8-11(4-2)13-12-9-6-5-7-10-12/h5-7,9-11,13H,3-4,8H2,1-2H3. The Bertz CT molecular complexity index is 218. The molecule has 0 amide bonds. The molecule has 1 rings (SSSR count). The molecule has 0 radical (unpaired) electrons. The molecule has 0 heterocycles. The predicted octanol–water partition coefficient (Wildman–Crippen LogP) is 3.57. The second-order valence-electron chi connectivity index (χ2n) is 3.40. The van der Waals surface area contributed by atoms with E-state index in [1.807, 2.05) is 0 Å². The zero-order valence-electron chi connectivity index (χ0n) is 8.59. The molecule has 2 unspecified atom stereocenters. The van der Waals surface area contributed by atoms with Crippen molar-refractivity contribution < 1.29 is 0 Å². The molecule has 1 aromatic rings. The fraction of sp³-hybridized carbons (Fsp3) is 0.500. The van der Waals surface area contributed by atoms with Gasteiger partial charge in [-0.1, -0.05) is 59.2 Å². The Morgan fingerprint density at radius 1 is 1.15 bits per heavy atom. The van der Waals surface area contributed by atoms with E-state index in [1.54, 1.807) is 0 Å². The minimum atomic E-state index is 0.910. The molecule has 2 atom stereocenters. The summed E-state index contributed by atoms with van der Waals surface area (Å²) in [5.74, 6) is 0. The summed E-state index contributed by atoms with van der Waals surface area (Å²) >= 11 is 0. The SMILES string of the molecule is CCCC(CC)Pc1ccccc1. The van der Waals surface area contributed by atoms with Crippen molar-refractivity contribution in [3.63, 3.8) is 0 Å². The van der Waals surface area contributed by atoms with E-state index in [4.69, 9.17) is 0 Å². The van der Waals surface area contributed by atoms with Crippen LogP contribution in [0.15, 0.2) is 30.3 Å². The molecule has 1 aromatic carbocycles. The lowest BCUT2D eigenvalue weighted by Gasteiger charge is -2.13. The first-order valence-corrected chi connectivity index (χ1v) is 6.26. The molecule has 0 N–H and O–H groups in total. The van der Waals surface area contributed by atoms with Gasteiger partial charge in [0, 0.05) is 0 Å². The average Bonchev–Trinajstić information content (AvgIpc) is 2.19. The lowest BCUT2D eigenvalue weighted by molar-refractivity contribution is 0.717. The van der Waals surface area contributed by atoms with Crippen LogP contribution in [0.5, 0.6) is 0 Å². The monoisotopic (exact) mass is 194 g/mol. The van der Waals surface area contributed by atoms with E-state index in [-0.39, 0.29) is 0 Å². The fourth-order valence-electron chi connectivity index (χ4n) is 1.50. The molecule has 1 heteroatoms. The summed E-state index contributed by atoms with van der Waals surface area (Å²) in [6.07, 6.45) is 4.02. The maximum absolute atomic E-state index is 2.30. The van der Waals surface area contributed by atoms with E-state index >= 15 is 0 Å². The van der Waals surface area contributed by atoms with Crippen molar-refractivity contribution in [2.45, 2.75) is 38.8 Å². The highest BCUT2D eigenvalue weighted by Crippen LogP contribution is 2.25. The average molecular weight is 194 g/mol. The van der Waals surface area contributed by atoms with Gasteiger partial charge in [0.05, 0.1) is 0 Å². The zero-order chi connectivity index (χ0) is 9.52. The molecule has 0 bridgehead atoms. The third-order valence-corrected chi connectivity index (χ3v) is 4.05. The molecule has 0 aliphatic carbocycles. The maximum Gasteiger partial charge on any atom is -0.0199 e. The molecule has 0 fully saturated rings. The number of hydrogen-bond donors (Lipinski definition) is 0. The van der Waals surface area contributed by atoms with Crippen molar-refractivity contribution in [2.24, 2.45) is 0 Å². The first-order valence-electron chi connectivity index (χ1n) is 5.18. The van der Waals surface area contributed by atoms with Crippen LogP contribution in [0.1, 0.15) is 33.1 Å². The Balaban J connectivity index is 2.46. The summed E-state index contributed by atoms with van der Waals surface area (Å²) in [5, 5.41) is 1.52. The fourth-order valence-corrected chi connectivity index (χ4v) is 2.99. The summed E-state index contributed by atoms with van der Waals surface area (Å²) in [6.45, 7) is 4.58. The van der Waals surface area contributed by atoms with Gasteiger partial charge in [0.25, 0.3) is 0 Å². The molecule has 0 saturated heterocycles. The molecule has 0 aromatic heterocycles. The Kier molecular flexibility index (Phi) is 5.08. The van der Waals surface area contributed by atoms with Crippen molar-refractivity contribution in [1.82, 2.24) is 0 Å². The second kappa shape index (κ2) is 6.16. The van der Waals surface area contributed by atoms with Gasteiger partial charge in [-0.05, 0) is 23.8 Å². The van der Waals surface area contributed by atoms with Crippen molar-refractivity contribution in [1.29, 1.82) is 0 Å². The molecule has 0 aliphatic heterocycles. The Hall–Kier alpha value is -0.350. The van der Waals surface area contributed by atoms with Crippen LogP contribution < -0.4 is 5.30 Å². The minimum Gasteiger partial charge on any atom is -0.0872 e. The van der Waals surface area contributed by atoms with Gasteiger partial charge >= 0.3 is 0 Å². The zero-order valence-corrected chi connectivity index (χ0v) is 9.59. The van der Waals surface area contributed by atoms with Crippen LogP contribution in [0.4, 0.5) is 0 Å². The maximum atomic E-state index is 2.30. The number of rotatable bonds is 5. The summed E-state index contributed by atoms with van der Waals surface area (Å²) in [7, 11) is 1.00. The number of benzene rings is 1. The summed E-state index contributed by atoms with van der Waals surface area (Å²) in [6, 6.07) is 10.9. The van der Waals surface area contributed by atoms with E-state index in [0.717, 1.165) is 14.2 Å². The van der Waals surface area contributed by atoms with Crippen molar-refractivity contribution >= 4 is 13.9 Å². The van der Waals surface area contributed by atoms with E-state index in [1.165, 1.54) is 24.6 Å². The van der Waals surface area contributed by atoms with Crippen molar-refractivity contribution in [3.8, 4) is 0 Å². The van der Waals surface area contributed by atoms with Crippen LogP contribution in [0.25, 0.3) is 0 Å². The van der Waals surface area contributed by atoms with Crippen LogP contribution in [-0.4, -0.2) is 5.66 Å². The molecular weight excluding hydrogens is 175 g/mol. The third kappa shape index (κ3) is 3.91. The van der Waals surface area contributed by atoms with Crippen molar-refractivity contribution in [3.05, 3.63) is 30.3 Å². The van der Waals surface area contributed by atoms with Gasteiger partial charge in [-0.25, -0.2) is 0 Å². The first kappa shape index (κ1) is 10.7. The van der Waals surface area contributed by atoms with E-state index < -0.39 is 0 Å². The largest absolute Gasteiger partial charge is 0.0872 e. The van der Waals surface area contributed by atoms with Crippen LogP contribution >= 0.6 is 8.58 Å². The Labute approximate surface area is 83.5 Å². The van der Waals surface area contributed by atoms with Gasteiger partial charge in [0.1, 0.15) is 0 Å². The predicted molar refractivity (Wildman–Crippen MR) is 63.4 cm³/mol. The quantitative estimate of drug-likeness (QED) is 0.628. The highest BCUT2D eigenvalue weighted by Gasteiger charge is 2.04.